The van der Waals surface area contributed by atoms with Crippen molar-refractivity contribution in [3.63, 3.8) is 0 Å². The molecule has 1 fully saturated rings. The van der Waals surface area contributed by atoms with Crippen LogP contribution in [0.5, 0.6) is 0 Å². The van der Waals surface area contributed by atoms with Gasteiger partial charge < -0.3 is 15.4 Å². The average molecular weight is 221 g/mol. The molecule has 0 radical (unpaired) electrons. The molecule has 4 heteroatoms. The average Bonchev–Trinajstić information content (AvgIpc) is 2.38. The lowest BCUT2D eigenvalue weighted by Gasteiger charge is -2.22. The predicted octanol–water partition coefficient (Wildman–Crippen LogP) is 1.96. The van der Waals surface area contributed by atoms with Crippen LogP contribution in [0, 0.1) is 5.92 Å². The Balaban J connectivity index is 1.83. The standard InChI is InChI=1S/C12H19N3O/c1-13-11-5-2-6-12(15-11)14-8-10-4-3-7-16-9-10/h2,5-6,10H,3-4,7-9H2,1H3,(H2,13,14,15). The van der Waals surface area contributed by atoms with Gasteiger partial charge in [-0.3, -0.25) is 0 Å². The number of nitrogens with zero attached hydrogens (tertiary/aromatic N) is 1. The molecule has 0 amide bonds. The molecule has 2 N–H and O–H groups in total. The van der Waals surface area contributed by atoms with Crippen LogP contribution in [0.15, 0.2) is 18.2 Å². The maximum absolute atomic E-state index is 5.44. The van der Waals surface area contributed by atoms with Crippen molar-refractivity contribution >= 4 is 11.6 Å². The molecule has 1 unspecified atom stereocenters. The van der Waals surface area contributed by atoms with Crippen molar-refractivity contribution in [1.82, 2.24) is 4.98 Å². The van der Waals surface area contributed by atoms with Gasteiger partial charge in [-0.15, -0.1) is 0 Å². The number of pyridine rings is 1. The second-order valence-electron chi connectivity index (χ2n) is 4.12. The Morgan fingerprint density at radius 1 is 1.44 bits per heavy atom. The number of anilines is 2. The Morgan fingerprint density at radius 3 is 3.06 bits per heavy atom. The van der Waals surface area contributed by atoms with Gasteiger partial charge in [-0.25, -0.2) is 4.98 Å². The van der Waals surface area contributed by atoms with Crippen molar-refractivity contribution < 1.29 is 4.74 Å². The number of aromatic nitrogens is 1. The molecule has 1 aromatic heterocycles. The maximum atomic E-state index is 5.44. The SMILES string of the molecule is CNc1cccc(NCC2CCCOC2)n1. The summed E-state index contributed by atoms with van der Waals surface area (Å²) >= 11 is 0. The van der Waals surface area contributed by atoms with E-state index in [1.807, 2.05) is 25.2 Å². The predicted molar refractivity (Wildman–Crippen MR) is 65.8 cm³/mol. The van der Waals surface area contributed by atoms with Crippen LogP contribution in [0.2, 0.25) is 0 Å². The Hall–Kier alpha value is -1.29. The van der Waals surface area contributed by atoms with Gasteiger partial charge in [0, 0.05) is 20.2 Å². The van der Waals surface area contributed by atoms with Crippen LogP contribution < -0.4 is 10.6 Å². The zero-order valence-electron chi connectivity index (χ0n) is 9.70. The number of ether oxygens (including phenoxy) is 1. The Labute approximate surface area is 96.4 Å². The van der Waals surface area contributed by atoms with Gasteiger partial charge >= 0.3 is 0 Å². The second-order valence-corrected chi connectivity index (χ2v) is 4.12. The van der Waals surface area contributed by atoms with Gasteiger partial charge in [0.2, 0.25) is 0 Å². The summed E-state index contributed by atoms with van der Waals surface area (Å²) in [4.78, 5) is 4.41. The van der Waals surface area contributed by atoms with E-state index < -0.39 is 0 Å². The minimum Gasteiger partial charge on any atom is -0.381 e. The minimum absolute atomic E-state index is 0.619. The Morgan fingerprint density at radius 2 is 2.31 bits per heavy atom. The van der Waals surface area contributed by atoms with Gasteiger partial charge in [0.25, 0.3) is 0 Å². The van der Waals surface area contributed by atoms with Crippen molar-refractivity contribution in [1.29, 1.82) is 0 Å². The van der Waals surface area contributed by atoms with E-state index in [1.54, 1.807) is 0 Å². The molecule has 1 atom stereocenters. The molecule has 2 heterocycles. The fourth-order valence-corrected chi connectivity index (χ4v) is 1.89. The highest BCUT2D eigenvalue weighted by atomic mass is 16.5. The van der Waals surface area contributed by atoms with Crippen LogP contribution in [0.25, 0.3) is 0 Å². The quantitative estimate of drug-likeness (QED) is 0.816. The van der Waals surface area contributed by atoms with Crippen molar-refractivity contribution in [3.05, 3.63) is 18.2 Å². The fraction of sp³-hybridized carbons (Fsp3) is 0.583. The van der Waals surface area contributed by atoms with Crippen LogP contribution in [0.4, 0.5) is 11.6 Å². The molecular weight excluding hydrogens is 202 g/mol. The largest absolute Gasteiger partial charge is 0.381 e. The first-order valence-corrected chi connectivity index (χ1v) is 5.85. The molecule has 0 aliphatic carbocycles. The first kappa shape index (κ1) is 11.2. The lowest BCUT2D eigenvalue weighted by molar-refractivity contribution is 0.0595. The van der Waals surface area contributed by atoms with Gasteiger partial charge in [0.15, 0.2) is 0 Å². The monoisotopic (exact) mass is 221 g/mol. The molecule has 16 heavy (non-hydrogen) atoms. The van der Waals surface area contributed by atoms with Gasteiger partial charge in [-0.1, -0.05) is 6.07 Å². The maximum Gasteiger partial charge on any atom is 0.128 e. The third-order valence-corrected chi connectivity index (χ3v) is 2.83. The zero-order valence-corrected chi connectivity index (χ0v) is 9.70. The number of hydrogen-bond donors (Lipinski definition) is 2. The highest BCUT2D eigenvalue weighted by molar-refractivity contribution is 5.44. The van der Waals surface area contributed by atoms with Gasteiger partial charge in [-0.2, -0.15) is 0 Å². The first-order valence-electron chi connectivity index (χ1n) is 5.85. The molecule has 0 bridgehead atoms. The van der Waals surface area contributed by atoms with Crippen molar-refractivity contribution in [3.8, 4) is 0 Å². The van der Waals surface area contributed by atoms with E-state index in [4.69, 9.17) is 4.74 Å². The van der Waals surface area contributed by atoms with E-state index in [1.165, 1.54) is 12.8 Å². The van der Waals surface area contributed by atoms with Crippen molar-refractivity contribution in [2.75, 3.05) is 37.4 Å². The molecule has 88 valence electrons. The lowest BCUT2D eigenvalue weighted by Crippen LogP contribution is -2.24. The van der Waals surface area contributed by atoms with Gasteiger partial charge in [-0.05, 0) is 30.9 Å². The Kier molecular flexibility index (Phi) is 3.99. The summed E-state index contributed by atoms with van der Waals surface area (Å²) in [5.74, 6) is 2.44. The van der Waals surface area contributed by atoms with Crippen molar-refractivity contribution in [2.24, 2.45) is 5.92 Å². The summed E-state index contributed by atoms with van der Waals surface area (Å²) in [5, 5.41) is 6.39. The van der Waals surface area contributed by atoms with Crippen LogP contribution in [0.3, 0.4) is 0 Å². The summed E-state index contributed by atoms with van der Waals surface area (Å²) in [6.07, 6.45) is 2.43. The van der Waals surface area contributed by atoms with E-state index >= 15 is 0 Å². The fourth-order valence-electron chi connectivity index (χ4n) is 1.89. The second kappa shape index (κ2) is 5.70. The third-order valence-electron chi connectivity index (χ3n) is 2.83. The van der Waals surface area contributed by atoms with Gasteiger partial charge in [0.1, 0.15) is 11.6 Å². The summed E-state index contributed by atoms with van der Waals surface area (Å²) in [6.45, 7) is 2.74. The molecule has 0 saturated carbocycles. The molecule has 1 saturated heterocycles. The lowest BCUT2D eigenvalue weighted by atomic mass is 10.0. The highest BCUT2D eigenvalue weighted by Gasteiger charge is 2.13. The zero-order chi connectivity index (χ0) is 11.2. The summed E-state index contributed by atoms with van der Waals surface area (Å²) in [5.41, 5.74) is 0. The molecule has 1 aliphatic heterocycles. The Bertz CT molecular complexity index is 324. The molecule has 4 nitrogen and oxygen atoms in total. The molecule has 1 aliphatic rings. The van der Waals surface area contributed by atoms with E-state index in [-0.39, 0.29) is 0 Å². The number of nitrogens with one attached hydrogen (secondary N) is 2. The van der Waals surface area contributed by atoms with E-state index in [0.29, 0.717) is 5.92 Å². The summed E-state index contributed by atoms with van der Waals surface area (Å²) < 4.78 is 5.44. The summed E-state index contributed by atoms with van der Waals surface area (Å²) in [7, 11) is 1.88. The molecule has 2 rings (SSSR count). The number of hydrogen-bond acceptors (Lipinski definition) is 4. The molecule has 0 aromatic carbocycles. The van der Waals surface area contributed by atoms with Crippen LogP contribution in [-0.2, 0) is 4.74 Å². The molecule has 1 aromatic rings. The summed E-state index contributed by atoms with van der Waals surface area (Å²) in [6, 6.07) is 5.94. The molecular formula is C12H19N3O. The van der Waals surface area contributed by atoms with Crippen LogP contribution in [-0.4, -0.2) is 31.8 Å². The van der Waals surface area contributed by atoms with E-state index in [2.05, 4.69) is 15.6 Å². The minimum atomic E-state index is 0.619. The van der Waals surface area contributed by atoms with E-state index in [0.717, 1.165) is 31.4 Å². The third kappa shape index (κ3) is 3.10. The smallest absolute Gasteiger partial charge is 0.128 e. The van der Waals surface area contributed by atoms with Crippen LogP contribution >= 0.6 is 0 Å². The number of rotatable bonds is 4. The first-order chi connectivity index (χ1) is 7.88. The highest BCUT2D eigenvalue weighted by Crippen LogP contribution is 2.15. The normalized spacial score (nSPS) is 20.4. The van der Waals surface area contributed by atoms with Crippen molar-refractivity contribution in [2.45, 2.75) is 12.8 Å². The topological polar surface area (TPSA) is 46.2 Å². The van der Waals surface area contributed by atoms with Gasteiger partial charge in [0.05, 0.1) is 6.61 Å². The van der Waals surface area contributed by atoms with E-state index in [9.17, 15) is 0 Å². The van der Waals surface area contributed by atoms with Crippen LogP contribution in [0.1, 0.15) is 12.8 Å². The molecule has 0 spiro atoms.